The van der Waals surface area contributed by atoms with Crippen LogP contribution in [0.3, 0.4) is 0 Å². The minimum atomic E-state index is -0.405. The van der Waals surface area contributed by atoms with Gasteiger partial charge in [0, 0.05) is 6.20 Å². The Bertz CT molecular complexity index is 929. The number of rotatable bonds is 5. The van der Waals surface area contributed by atoms with Crippen LogP contribution in [0.5, 0.6) is 5.75 Å². The molecular formula is C18H18N4O3. The highest BCUT2D eigenvalue weighted by Crippen LogP contribution is 2.28. The number of azo groups is 1. The summed E-state index contributed by atoms with van der Waals surface area (Å²) in [7, 11) is 0. The molecule has 7 heteroatoms. The van der Waals surface area contributed by atoms with Crippen molar-refractivity contribution in [3.05, 3.63) is 53.9 Å². The predicted octanol–water partition coefficient (Wildman–Crippen LogP) is 3.87. The number of nitrogens with zero attached hydrogens (tertiary/aromatic N) is 4. The Kier molecular flexibility index (Phi) is 4.74. The van der Waals surface area contributed by atoms with Gasteiger partial charge in [0.2, 0.25) is 0 Å². The van der Waals surface area contributed by atoms with E-state index in [0.717, 1.165) is 5.56 Å². The summed E-state index contributed by atoms with van der Waals surface area (Å²) in [5, 5.41) is 18.5. The molecule has 0 radical (unpaired) electrons. The van der Waals surface area contributed by atoms with Gasteiger partial charge >= 0.3 is 5.97 Å². The van der Waals surface area contributed by atoms with E-state index in [9.17, 15) is 9.90 Å². The molecule has 0 saturated heterocycles. The van der Waals surface area contributed by atoms with Gasteiger partial charge in [0.1, 0.15) is 0 Å². The fourth-order valence-corrected chi connectivity index (χ4v) is 2.38. The maximum atomic E-state index is 11.8. The predicted molar refractivity (Wildman–Crippen MR) is 92.5 cm³/mol. The third kappa shape index (κ3) is 3.65. The summed E-state index contributed by atoms with van der Waals surface area (Å²) in [5.74, 6) is -0.0129. The Labute approximate surface area is 144 Å². The van der Waals surface area contributed by atoms with Crippen molar-refractivity contribution in [2.75, 3.05) is 6.61 Å². The second kappa shape index (κ2) is 7.12. The van der Waals surface area contributed by atoms with Crippen molar-refractivity contribution in [2.45, 2.75) is 20.3 Å². The van der Waals surface area contributed by atoms with Crippen molar-refractivity contribution in [3.63, 3.8) is 0 Å². The first-order valence-corrected chi connectivity index (χ1v) is 7.91. The first-order valence-electron chi connectivity index (χ1n) is 7.91. The van der Waals surface area contributed by atoms with Crippen LogP contribution < -0.4 is 0 Å². The van der Waals surface area contributed by atoms with E-state index in [-0.39, 0.29) is 18.8 Å². The molecule has 3 aromatic rings. The molecule has 1 N–H and O–H groups in total. The number of esters is 1. The van der Waals surface area contributed by atoms with Gasteiger partial charge < -0.3 is 9.84 Å². The molecule has 25 heavy (non-hydrogen) atoms. The second-order valence-corrected chi connectivity index (χ2v) is 5.49. The average molecular weight is 338 g/mol. The molecule has 0 aliphatic heterocycles. The lowest BCUT2D eigenvalue weighted by Gasteiger charge is -2.00. The van der Waals surface area contributed by atoms with E-state index in [1.54, 1.807) is 23.6 Å². The Balaban J connectivity index is 2.02. The van der Waals surface area contributed by atoms with E-state index in [1.807, 2.05) is 31.2 Å². The van der Waals surface area contributed by atoms with Gasteiger partial charge in [-0.25, -0.2) is 4.98 Å². The SMILES string of the molecule is CCOC(=O)Cc1nc2c(O)cccn2c1N=Nc1ccc(C)cc1. The highest BCUT2D eigenvalue weighted by atomic mass is 16.5. The molecule has 0 amide bonds. The van der Waals surface area contributed by atoms with Crippen LogP contribution in [0.25, 0.3) is 5.65 Å². The largest absolute Gasteiger partial charge is 0.504 e. The maximum absolute atomic E-state index is 11.8. The zero-order chi connectivity index (χ0) is 17.8. The lowest BCUT2D eigenvalue weighted by atomic mass is 10.2. The maximum Gasteiger partial charge on any atom is 0.312 e. The number of carbonyl (C=O) groups excluding carboxylic acids is 1. The molecule has 7 nitrogen and oxygen atoms in total. The van der Waals surface area contributed by atoms with Gasteiger partial charge in [0.15, 0.2) is 17.2 Å². The number of aromatic nitrogens is 2. The number of imidazole rings is 1. The quantitative estimate of drug-likeness (QED) is 0.565. The molecule has 0 unspecified atom stereocenters. The topological polar surface area (TPSA) is 88.5 Å². The number of aromatic hydroxyl groups is 1. The van der Waals surface area contributed by atoms with Crippen LogP contribution in [0, 0.1) is 6.92 Å². The van der Waals surface area contributed by atoms with E-state index in [1.165, 1.54) is 6.07 Å². The van der Waals surface area contributed by atoms with Crippen LogP contribution >= 0.6 is 0 Å². The summed E-state index contributed by atoms with van der Waals surface area (Å²) in [4.78, 5) is 16.2. The van der Waals surface area contributed by atoms with Crippen molar-refractivity contribution >= 4 is 23.1 Å². The Morgan fingerprint density at radius 1 is 1.24 bits per heavy atom. The third-order valence-corrected chi connectivity index (χ3v) is 3.58. The zero-order valence-electron chi connectivity index (χ0n) is 14.0. The normalized spacial score (nSPS) is 11.3. The molecule has 0 saturated carbocycles. The summed E-state index contributed by atoms with van der Waals surface area (Å²) >= 11 is 0. The molecule has 0 bridgehead atoms. The molecule has 3 rings (SSSR count). The average Bonchev–Trinajstić information content (AvgIpc) is 2.93. The van der Waals surface area contributed by atoms with Crippen LogP contribution in [-0.4, -0.2) is 27.1 Å². The van der Waals surface area contributed by atoms with Crippen LogP contribution in [0.15, 0.2) is 52.8 Å². The minimum absolute atomic E-state index is 0.00407. The number of hydrogen-bond acceptors (Lipinski definition) is 6. The number of pyridine rings is 1. The van der Waals surface area contributed by atoms with Gasteiger partial charge in [-0.15, -0.1) is 10.2 Å². The summed E-state index contributed by atoms with van der Waals surface area (Å²) in [6.45, 7) is 4.02. The minimum Gasteiger partial charge on any atom is -0.504 e. The monoisotopic (exact) mass is 338 g/mol. The highest BCUT2D eigenvalue weighted by Gasteiger charge is 2.17. The Morgan fingerprint density at radius 2 is 2.00 bits per heavy atom. The lowest BCUT2D eigenvalue weighted by molar-refractivity contribution is -0.142. The van der Waals surface area contributed by atoms with Gasteiger partial charge in [0.25, 0.3) is 0 Å². The summed E-state index contributed by atoms with van der Waals surface area (Å²) in [5.41, 5.74) is 2.53. The van der Waals surface area contributed by atoms with Crippen molar-refractivity contribution in [3.8, 4) is 5.75 Å². The first-order chi connectivity index (χ1) is 12.1. The zero-order valence-corrected chi connectivity index (χ0v) is 14.0. The molecule has 128 valence electrons. The number of hydrogen-bond donors (Lipinski definition) is 1. The molecule has 0 aliphatic rings. The molecule has 0 fully saturated rings. The van der Waals surface area contributed by atoms with Crippen molar-refractivity contribution in [1.82, 2.24) is 9.38 Å². The smallest absolute Gasteiger partial charge is 0.312 e. The molecule has 1 aromatic carbocycles. The molecule has 0 aliphatic carbocycles. The Morgan fingerprint density at radius 3 is 2.72 bits per heavy atom. The van der Waals surface area contributed by atoms with E-state index >= 15 is 0 Å². The third-order valence-electron chi connectivity index (χ3n) is 3.58. The molecule has 2 aromatic heterocycles. The van der Waals surface area contributed by atoms with Crippen LogP contribution in [0.4, 0.5) is 11.5 Å². The van der Waals surface area contributed by atoms with Gasteiger partial charge in [0.05, 0.1) is 24.4 Å². The van der Waals surface area contributed by atoms with E-state index < -0.39 is 5.97 Å². The summed E-state index contributed by atoms with van der Waals surface area (Å²) in [6.07, 6.45) is 1.66. The number of fused-ring (bicyclic) bond motifs is 1. The molecular weight excluding hydrogens is 320 g/mol. The molecule has 0 atom stereocenters. The van der Waals surface area contributed by atoms with Crippen molar-refractivity contribution in [2.24, 2.45) is 10.2 Å². The molecule has 0 spiro atoms. The second-order valence-electron chi connectivity index (χ2n) is 5.49. The summed E-state index contributed by atoms with van der Waals surface area (Å²) < 4.78 is 6.58. The van der Waals surface area contributed by atoms with Crippen LogP contribution in [0.2, 0.25) is 0 Å². The van der Waals surface area contributed by atoms with Crippen molar-refractivity contribution in [1.29, 1.82) is 0 Å². The van der Waals surface area contributed by atoms with Gasteiger partial charge in [-0.3, -0.25) is 9.20 Å². The fraction of sp³-hybridized carbons (Fsp3) is 0.222. The van der Waals surface area contributed by atoms with E-state index in [4.69, 9.17) is 4.74 Å². The number of aryl methyl sites for hydroxylation is 1. The van der Waals surface area contributed by atoms with Crippen LogP contribution in [0.1, 0.15) is 18.2 Å². The van der Waals surface area contributed by atoms with E-state index in [2.05, 4.69) is 15.2 Å². The van der Waals surface area contributed by atoms with Gasteiger partial charge in [-0.1, -0.05) is 17.7 Å². The van der Waals surface area contributed by atoms with Crippen molar-refractivity contribution < 1.29 is 14.6 Å². The Hall–Kier alpha value is -3.22. The summed E-state index contributed by atoms with van der Waals surface area (Å²) in [6, 6.07) is 10.8. The van der Waals surface area contributed by atoms with E-state index in [0.29, 0.717) is 22.8 Å². The standard InChI is InChI=1S/C18H18N4O3/c1-3-25-16(24)11-14-17(21-20-13-8-6-12(2)7-9-13)22-10-4-5-15(23)18(22)19-14/h4-10,23H,3,11H2,1-2H3. The first kappa shape index (κ1) is 16.6. The van der Waals surface area contributed by atoms with Gasteiger partial charge in [-0.2, -0.15) is 0 Å². The van der Waals surface area contributed by atoms with Crippen LogP contribution in [-0.2, 0) is 16.0 Å². The number of benzene rings is 1. The molecule has 2 heterocycles. The lowest BCUT2D eigenvalue weighted by Crippen LogP contribution is -2.07. The number of ether oxygens (including phenoxy) is 1. The number of carbonyl (C=O) groups is 1. The highest BCUT2D eigenvalue weighted by molar-refractivity contribution is 5.75. The fourth-order valence-electron chi connectivity index (χ4n) is 2.38. The van der Waals surface area contributed by atoms with Gasteiger partial charge in [-0.05, 0) is 38.1 Å².